The van der Waals surface area contributed by atoms with Crippen molar-refractivity contribution in [2.45, 2.75) is 62.6 Å². The van der Waals surface area contributed by atoms with Crippen LogP contribution in [0.2, 0.25) is 0 Å². The van der Waals surface area contributed by atoms with E-state index in [1.807, 2.05) is 17.7 Å². The van der Waals surface area contributed by atoms with Gasteiger partial charge in [0.05, 0.1) is 11.3 Å². The van der Waals surface area contributed by atoms with Crippen LogP contribution in [0.1, 0.15) is 50.2 Å². The summed E-state index contributed by atoms with van der Waals surface area (Å²) in [6, 6.07) is 8.51. The largest absolute Gasteiger partial charge is 0.283 e. The molecule has 26 heavy (non-hydrogen) atoms. The number of hydrogen-bond donors (Lipinski definition) is 0. The van der Waals surface area contributed by atoms with Gasteiger partial charge in [0.15, 0.2) is 5.16 Å². The molecule has 0 saturated heterocycles. The molecule has 1 heterocycles. The highest BCUT2D eigenvalue weighted by Crippen LogP contribution is 2.48. The monoisotopic (exact) mass is 366 g/mol. The maximum atomic E-state index is 13.7. The molecule has 2 aliphatic carbocycles. The van der Waals surface area contributed by atoms with Gasteiger partial charge in [-0.25, -0.2) is 4.98 Å². The van der Waals surface area contributed by atoms with Crippen LogP contribution < -0.4 is 5.56 Å². The highest BCUT2D eigenvalue weighted by Gasteiger charge is 2.43. The van der Waals surface area contributed by atoms with Crippen LogP contribution in [0, 0.1) is 0 Å². The Hall–Kier alpha value is -1.81. The fourth-order valence-electron chi connectivity index (χ4n) is 4.79. The van der Waals surface area contributed by atoms with E-state index >= 15 is 0 Å². The Morgan fingerprint density at radius 1 is 1.27 bits per heavy atom. The van der Waals surface area contributed by atoms with Crippen molar-refractivity contribution >= 4 is 11.8 Å². The molecule has 0 bridgehead atoms. The zero-order valence-corrected chi connectivity index (χ0v) is 16.5. The summed E-state index contributed by atoms with van der Waals surface area (Å²) in [5.41, 5.74) is 5.49. The number of nitrogens with zero attached hydrogens (tertiary/aromatic N) is 2. The summed E-state index contributed by atoms with van der Waals surface area (Å²) in [4.78, 5) is 18.7. The fraction of sp³-hybridized carbons (Fsp3) is 0.455. The van der Waals surface area contributed by atoms with Crippen LogP contribution >= 0.6 is 11.8 Å². The number of benzene rings is 1. The number of allylic oxidation sites excluding steroid dienone is 1. The van der Waals surface area contributed by atoms with Crippen molar-refractivity contribution in [3.05, 3.63) is 57.9 Å². The van der Waals surface area contributed by atoms with Crippen LogP contribution in [0.4, 0.5) is 0 Å². The molecule has 1 saturated carbocycles. The fourth-order valence-corrected chi connectivity index (χ4v) is 5.34. The van der Waals surface area contributed by atoms with E-state index in [0.29, 0.717) is 6.54 Å². The van der Waals surface area contributed by atoms with Gasteiger partial charge in [-0.3, -0.25) is 9.36 Å². The molecule has 0 atom stereocenters. The van der Waals surface area contributed by atoms with E-state index in [1.54, 1.807) is 11.8 Å². The molecule has 136 valence electrons. The predicted octanol–water partition coefficient (Wildman–Crippen LogP) is 4.97. The third-order valence-electron chi connectivity index (χ3n) is 5.89. The zero-order valence-electron chi connectivity index (χ0n) is 15.7. The summed E-state index contributed by atoms with van der Waals surface area (Å²) >= 11 is 1.54. The highest BCUT2D eigenvalue weighted by atomic mass is 32.2. The Bertz CT molecular complexity index is 922. The average molecular weight is 367 g/mol. The Morgan fingerprint density at radius 3 is 2.69 bits per heavy atom. The van der Waals surface area contributed by atoms with Crippen molar-refractivity contribution in [3.63, 3.8) is 0 Å². The number of hydrogen-bond acceptors (Lipinski definition) is 3. The summed E-state index contributed by atoms with van der Waals surface area (Å²) in [6.45, 7) is 6.54. The molecule has 4 rings (SSSR count). The predicted molar refractivity (Wildman–Crippen MR) is 109 cm³/mol. The van der Waals surface area contributed by atoms with Gasteiger partial charge in [0.2, 0.25) is 0 Å². The molecule has 4 heteroatoms. The summed E-state index contributed by atoms with van der Waals surface area (Å²) in [5.74, 6) is 0. The van der Waals surface area contributed by atoms with Crippen molar-refractivity contribution in [3.8, 4) is 11.3 Å². The van der Waals surface area contributed by atoms with E-state index in [1.165, 1.54) is 24.8 Å². The molecule has 0 amide bonds. The first-order chi connectivity index (χ1) is 12.6. The first kappa shape index (κ1) is 17.6. The minimum absolute atomic E-state index is 0.0419. The summed E-state index contributed by atoms with van der Waals surface area (Å²) in [5, 5.41) is 0.791. The lowest BCUT2D eigenvalue weighted by atomic mass is 9.62. The van der Waals surface area contributed by atoms with Crippen molar-refractivity contribution in [1.82, 2.24) is 9.55 Å². The van der Waals surface area contributed by atoms with Crippen molar-refractivity contribution in [2.75, 3.05) is 6.26 Å². The topological polar surface area (TPSA) is 34.9 Å². The minimum atomic E-state index is -0.0419. The maximum Gasteiger partial charge on any atom is 0.258 e. The molecule has 0 aliphatic heterocycles. The van der Waals surface area contributed by atoms with Gasteiger partial charge in [-0.15, -0.1) is 0 Å². The molecule has 1 aromatic carbocycles. The third kappa shape index (κ3) is 2.75. The van der Waals surface area contributed by atoms with E-state index in [9.17, 15) is 4.79 Å². The lowest BCUT2D eigenvalue weighted by Gasteiger charge is -2.42. The van der Waals surface area contributed by atoms with Gasteiger partial charge in [-0.05, 0) is 38.0 Å². The molecule has 1 aromatic heterocycles. The van der Waals surface area contributed by atoms with E-state index in [4.69, 9.17) is 4.98 Å². The van der Waals surface area contributed by atoms with E-state index in [-0.39, 0.29) is 11.0 Å². The van der Waals surface area contributed by atoms with Gasteiger partial charge >= 0.3 is 0 Å². The molecule has 0 N–H and O–H groups in total. The van der Waals surface area contributed by atoms with Crippen LogP contribution in [0.15, 0.2) is 46.4 Å². The van der Waals surface area contributed by atoms with Gasteiger partial charge < -0.3 is 0 Å². The van der Waals surface area contributed by atoms with E-state index in [2.05, 4.69) is 30.8 Å². The molecule has 0 radical (unpaired) electrons. The Labute approximate surface area is 159 Å². The van der Waals surface area contributed by atoms with Gasteiger partial charge in [0.1, 0.15) is 0 Å². The molecule has 2 aliphatic rings. The minimum Gasteiger partial charge on any atom is -0.283 e. The molecular formula is C22H26N2OS. The second-order valence-electron chi connectivity index (χ2n) is 7.85. The Balaban J connectivity index is 2.03. The van der Waals surface area contributed by atoms with Gasteiger partial charge in [0.25, 0.3) is 5.56 Å². The molecule has 2 aromatic rings. The smallest absolute Gasteiger partial charge is 0.258 e. The quantitative estimate of drug-likeness (QED) is 0.437. The average Bonchev–Trinajstić information content (AvgIpc) is 2.64. The summed E-state index contributed by atoms with van der Waals surface area (Å²) < 4.78 is 1.84. The first-order valence-corrected chi connectivity index (χ1v) is 10.7. The summed E-state index contributed by atoms with van der Waals surface area (Å²) in [6.07, 6.45) is 8.83. The third-order valence-corrected chi connectivity index (χ3v) is 6.56. The highest BCUT2D eigenvalue weighted by molar-refractivity contribution is 7.98. The second kappa shape index (κ2) is 6.73. The van der Waals surface area contributed by atoms with Crippen molar-refractivity contribution in [1.29, 1.82) is 0 Å². The lowest BCUT2D eigenvalue weighted by molar-refractivity contribution is 0.282. The standard InChI is InChI=1S/C22H26N2OS/c1-15(2)14-24-20(25)18-19(23-21(24)26-3)17-10-6-5-9-16(17)13-22(18)11-7-4-8-12-22/h5-6,9-10H,1,4,7-8,11-14H2,2-3H3. The van der Waals surface area contributed by atoms with Crippen LogP contribution in [0.25, 0.3) is 11.3 Å². The van der Waals surface area contributed by atoms with Gasteiger partial charge in [0, 0.05) is 17.5 Å². The van der Waals surface area contributed by atoms with Gasteiger partial charge in [-0.2, -0.15) is 0 Å². The van der Waals surface area contributed by atoms with Crippen LogP contribution in [0.3, 0.4) is 0 Å². The Kier molecular flexibility index (Phi) is 4.55. The molecule has 0 unspecified atom stereocenters. The SMILES string of the molecule is C=C(C)Cn1c(SC)nc2c(c1=O)C1(CCCCC1)Cc1ccccc1-2. The number of aromatic nitrogens is 2. The van der Waals surface area contributed by atoms with Crippen molar-refractivity contribution < 1.29 is 0 Å². The van der Waals surface area contributed by atoms with Crippen molar-refractivity contribution in [2.24, 2.45) is 0 Å². The van der Waals surface area contributed by atoms with Crippen LogP contribution in [0.5, 0.6) is 0 Å². The zero-order chi connectivity index (χ0) is 18.3. The lowest BCUT2D eigenvalue weighted by Crippen LogP contribution is -2.43. The summed E-state index contributed by atoms with van der Waals surface area (Å²) in [7, 11) is 0. The molecule has 3 nitrogen and oxygen atoms in total. The first-order valence-electron chi connectivity index (χ1n) is 9.48. The Morgan fingerprint density at radius 2 is 2.00 bits per heavy atom. The number of thioether (sulfide) groups is 1. The number of rotatable bonds is 3. The normalized spacial score (nSPS) is 17.6. The van der Waals surface area contributed by atoms with Crippen LogP contribution in [-0.4, -0.2) is 15.8 Å². The molecular weight excluding hydrogens is 340 g/mol. The molecule has 1 spiro atoms. The molecule has 1 fully saturated rings. The number of fused-ring (bicyclic) bond motifs is 4. The second-order valence-corrected chi connectivity index (χ2v) is 8.62. The van der Waals surface area contributed by atoms with E-state index in [0.717, 1.165) is 46.8 Å². The van der Waals surface area contributed by atoms with Crippen LogP contribution in [-0.2, 0) is 18.4 Å². The van der Waals surface area contributed by atoms with Gasteiger partial charge in [-0.1, -0.05) is 67.4 Å². The van der Waals surface area contributed by atoms with E-state index < -0.39 is 0 Å². The maximum absolute atomic E-state index is 13.7.